The second-order valence-electron chi connectivity index (χ2n) is 6.69. The van der Waals surface area contributed by atoms with Crippen molar-refractivity contribution in [3.63, 3.8) is 0 Å². The largest absolute Gasteiger partial charge is 0.369 e. The molecular formula is C19H23N5O. The second kappa shape index (κ2) is 7.19. The number of nitrogens with zero attached hydrogens (tertiary/aromatic N) is 2. The predicted molar refractivity (Wildman–Crippen MR) is 97.6 cm³/mol. The number of carbonyl (C=O) groups is 1. The molecular weight excluding hydrogens is 314 g/mol. The molecule has 1 aromatic carbocycles. The molecule has 130 valence electrons. The number of rotatable bonds is 4. The number of hydrogen-bond donors (Lipinski definition) is 3. The summed E-state index contributed by atoms with van der Waals surface area (Å²) >= 11 is 0. The first kappa shape index (κ1) is 16.0. The van der Waals surface area contributed by atoms with Crippen LogP contribution in [0, 0.1) is 5.92 Å². The number of fused-ring (bicyclic) bond motifs is 1. The fourth-order valence-corrected chi connectivity index (χ4v) is 3.50. The van der Waals surface area contributed by atoms with E-state index >= 15 is 0 Å². The van der Waals surface area contributed by atoms with Gasteiger partial charge in [-0.2, -0.15) is 0 Å². The highest BCUT2D eigenvalue weighted by molar-refractivity contribution is 5.96. The van der Waals surface area contributed by atoms with E-state index in [4.69, 9.17) is 4.98 Å². The molecule has 1 saturated heterocycles. The van der Waals surface area contributed by atoms with Crippen molar-refractivity contribution in [2.45, 2.75) is 19.3 Å². The topological polar surface area (TPSA) is 78.9 Å². The predicted octanol–water partition coefficient (Wildman–Crippen LogP) is 1.84. The Morgan fingerprint density at radius 2 is 2.04 bits per heavy atom. The Morgan fingerprint density at radius 1 is 1.16 bits per heavy atom. The molecule has 4 rings (SSSR count). The van der Waals surface area contributed by atoms with Crippen molar-refractivity contribution in [3.8, 4) is 11.4 Å². The Hall–Kier alpha value is -2.47. The maximum atomic E-state index is 12.3. The molecule has 25 heavy (non-hydrogen) atoms. The lowest BCUT2D eigenvalue weighted by Crippen LogP contribution is -2.36. The van der Waals surface area contributed by atoms with Gasteiger partial charge in [0.15, 0.2) is 5.82 Å². The molecule has 1 amide bonds. The first-order valence-corrected chi connectivity index (χ1v) is 9.00. The van der Waals surface area contributed by atoms with Gasteiger partial charge in [0.2, 0.25) is 0 Å². The maximum Gasteiger partial charge on any atom is 0.270 e. The van der Waals surface area contributed by atoms with E-state index in [0.29, 0.717) is 24.0 Å². The number of nitrogens with one attached hydrogen (secondary N) is 3. The molecule has 6 nitrogen and oxygen atoms in total. The lowest BCUT2D eigenvalue weighted by molar-refractivity contribution is 0.0940. The van der Waals surface area contributed by atoms with Crippen LogP contribution in [0.5, 0.6) is 0 Å². The Bertz CT molecular complexity index is 756. The molecule has 1 unspecified atom stereocenters. The average molecular weight is 337 g/mol. The summed E-state index contributed by atoms with van der Waals surface area (Å²) in [4.78, 5) is 21.6. The Labute approximate surface area is 147 Å². The number of amides is 1. The summed E-state index contributed by atoms with van der Waals surface area (Å²) in [5.74, 6) is 1.89. The van der Waals surface area contributed by atoms with Crippen LogP contribution in [-0.4, -0.2) is 42.1 Å². The van der Waals surface area contributed by atoms with Gasteiger partial charge < -0.3 is 16.0 Å². The molecule has 3 N–H and O–H groups in total. The summed E-state index contributed by atoms with van der Waals surface area (Å²) in [6.45, 7) is 3.65. The standard InChI is InChI=1S/C19H23N5O/c25-19-16-15(8-10-21-19)18(22-12-13-5-4-9-20-11-13)24-17(23-16)14-6-2-1-3-7-14/h1-3,6-7,13,20H,4-5,8-12H2,(H,21,25)(H,22,23,24). The van der Waals surface area contributed by atoms with E-state index in [1.165, 1.54) is 12.8 Å². The molecule has 0 aliphatic carbocycles. The summed E-state index contributed by atoms with van der Waals surface area (Å²) in [7, 11) is 0. The molecule has 6 heteroatoms. The summed E-state index contributed by atoms with van der Waals surface area (Å²) in [5, 5.41) is 9.83. The minimum Gasteiger partial charge on any atom is -0.369 e. The van der Waals surface area contributed by atoms with Gasteiger partial charge in [0.25, 0.3) is 5.91 Å². The van der Waals surface area contributed by atoms with Crippen molar-refractivity contribution in [2.75, 3.05) is 31.5 Å². The van der Waals surface area contributed by atoms with E-state index in [9.17, 15) is 4.79 Å². The van der Waals surface area contributed by atoms with Gasteiger partial charge in [0.05, 0.1) is 0 Å². The quantitative estimate of drug-likeness (QED) is 0.793. The van der Waals surface area contributed by atoms with Crippen molar-refractivity contribution in [1.82, 2.24) is 20.6 Å². The molecule has 1 fully saturated rings. The van der Waals surface area contributed by atoms with Gasteiger partial charge in [-0.1, -0.05) is 30.3 Å². The van der Waals surface area contributed by atoms with Crippen LogP contribution in [-0.2, 0) is 6.42 Å². The van der Waals surface area contributed by atoms with Crippen LogP contribution in [0.15, 0.2) is 30.3 Å². The SMILES string of the molecule is O=C1NCCc2c(NCC3CCCNC3)nc(-c3ccccc3)nc21. The highest BCUT2D eigenvalue weighted by Crippen LogP contribution is 2.25. The van der Waals surface area contributed by atoms with Crippen molar-refractivity contribution < 1.29 is 4.79 Å². The fraction of sp³-hybridized carbons (Fsp3) is 0.421. The summed E-state index contributed by atoms with van der Waals surface area (Å²) in [5.41, 5.74) is 2.36. The van der Waals surface area contributed by atoms with Gasteiger partial charge in [0, 0.05) is 24.2 Å². The van der Waals surface area contributed by atoms with Crippen LogP contribution in [0.25, 0.3) is 11.4 Å². The van der Waals surface area contributed by atoms with E-state index < -0.39 is 0 Å². The number of carbonyl (C=O) groups excluding carboxylic acids is 1. The van der Waals surface area contributed by atoms with Crippen molar-refractivity contribution in [2.24, 2.45) is 5.92 Å². The van der Waals surface area contributed by atoms with Crippen molar-refractivity contribution >= 4 is 11.7 Å². The highest BCUT2D eigenvalue weighted by Gasteiger charge is 2.24. The van der Waals surface area contributed by atoms with Gasteiger partial charge in [-0.15, -0.1) is 0 Å². The minimum atomic E-state index is -0.108. The fourth-order valence-electron chi connectivity index (χ4n) is 3.50. The third-order valence-corrected chi connectivity index (χ3v) is 4.87. The van der Waals surface area contributed by atoms with Crippen LogP contribution in [0.2, 0.25) is 0 Å². The normalized spacial score (nSPS) is 19.8. The molecule has 1 aromatic heterocycles. The van der Waals surface area contributed by atoms with Crippen LogP contribution in [0.3, 0.4) is 0 Å². The van der Waals surface area contributed by atoms with Gasteiger partial charge >= 0.3 is 0 Å². The van der Waals surface area contributed by atoms with Crippen LogP contribution >= 0.6 is 0 Å². The lowest BCUT2D eigenvalue weighted by Gasteiger charge is -2.25. The number of hydrogen-bond acceptors (Lipinski definition) is 5. The zero-order chi connectivity index (χ0) is 17.1. The van der Waals surface area contributed by atoms with Crippen molar-refractivity contribution in [3.05, 3.63) is 41.6 Å². The Balaban J connectivity index is 1.66. The molecule has 1 atom stereocenters. The van der Waals surface area contributed by atoms with E-state index in [2.05, 4.69) is 20.9 Å². The molecule has 2 aromatic rings. The maximum absolute atomic E-state index is 12.3. The zero-order valence-electron chi connectivity index (χ0n) is 14.2. The molecule has 2 aliphatic rings. The van der Waals surface area contributed by atoms with Gasteiger partial charge in [-0.25, -0.2) is 9.97 Å². The minimum absolute atomic E-state index is 0.108. The molecule has 0 saturated carbocycles. The zero-order valence-corrected chi connectivity index (χ0v) is 14.2. The monoisotopic (exact) mass is 337 g/mol. The first-order valence-electron chi connectivity index (χ1n) is 9.00. The van der Waals surface area contributed by atoms with E-state index in [-0.39, 0.29) is 5.91 Å². The average Bonchev–Trinajstić information content (AvgIpc) is 2.68. The third kappa shape index (κ3) is 3.49. The molecule has 0 radical (unpaired) electrons. The molecule has 3 heterocycles. The number of aromatic nitrogens is 2. The van der Waals surface area contributed by atoms with Gasteiger partial charge in [0.1, 0.15) is 11.5 Å². The number of anilines is 1. The number of piperidine rings is 1. The number of benzene rings is 1. The second-order valence-corrected chi connectivity index (χ2v) is 6.69. The summed E-state index contributed by atoms with van der Waals surface area (Å²) in [6.07, 6.45) is 3.20. The lowest BCUT2D eigenvalue weighted by atomic mass is 9.99. The molecule has 2 aliphatic heterocycles. The molecule has 0 spiro atoms. The smallest absolute Gasteiger partial charge is 0.270 e. The summed E-state index contributed by atoms with van der Waals surface area (Å²) < 4.78 is 0. The third-order valence-electron chi connectivity index (χ3n) is 4.87. The Morgan fingerprint density at radius 3 is 2.84 bits per heavy atom. The highest BCUT2D eigenvalue weighted by atomic mass is 16.1. The van der Waals surface area contributed by atoms with Gasteiger partial charge in [-0.3, -0.25) is 4.79 Å². The van der Waals surface area contributed by atoms with E-state index in [0.717, 1.165) is 43.0 Å². The van der Waals surface area contributed by atoms with Crippen LogP contribution in [0.4, 0.5) is 5.82 Å². The van der Waals surface area contributed by atoms with E-state index in [1.807, 2.05) is 30.3 Å². The molecule has 0 bridgehead atoms. The van der Waals surface area contributed by atoms with Crippen LogP contribution < -0.4 is 16.0 Å². The summed E-state index contributed by atoms with van der Waals surface area (Å²) in [6, 6.07) is 9.82. The van der Waals surface area contributed by atoms with Gasteiger partial charge in [-0.05, 0) is 38.3 Å². The van der Waals surface area contributed by atoms with E-state index in [1.54, 1.807) is 0 Å². The van der Waals surface area contributed by atoms with Crippen LogP contribution in [0.1, 0.15) is 28.9 Å². The Kier molecular flexibility index (Phi) is 4.61. The first-order chi connectivity index (χ1) is 12.3. The van der Waals surface area contributed by atoms with Crippen molar-refractivity contribution in [1.29, 1.82) is 0 Å².